The summed E-state index contributed by atoms with van der Waals surface area (Å²) in [7, 11) is 0. The van der Waals surface area contributed by atoms with Crippen molar-refractivity contribution < 1.29 is 14.7 Å². The van der Waals surface area contributed by atoms with Gasteiger partial charge in [0.1, 0.15) is 5.54 Å². The zero-order valence-electron chi connectivity index (χ0n) is 10.2. The maximum Gasteiger partial charge on any atom is 0.329 e. The molecular formula is C12H15ClN2O3. The number of amides is 2. The Morgan fingerprint density at radius 1 is 1.33 bits per heavy atom. The zero-order valence-corrected chi connectivity index (χ0v) is 10.9. The highest BCUT2D eigenvalue weighted by molar-refractivity contribution is 6.30. The van der Waals surface area contributed by atoms with Gasteiger partial charge in [-0.25, -0.2) is 9.59 Å². The molecule has 18 heavy (non-hydrogen) atoms. The van der Waals surface area contributed by atoms with Crippen molar-refractivity contribution in [3.8, 4) is 0 Å². The molecule has 1 rings (SSSR count). The first kappa shape index (κ1) is 14.3. The monoisotopic (exact) mass is 270 g/mol. The smallest absolute Gasteiger partial charge is 0.329 e. The van der Waals surface area contributed by atoms with E-state index in [2.05, 4.69) is 10.6 Å². The maximum atomic E-state index is 11.7. The van der Waals surface area contributed by atoms with Crippen LogP contribution in [0.5, 0.6) is 0 Å². The van der Waals surface area contributed by atoms with Crippen molar-refractivity contribution >= 4 is 29.3 Å². The summed E-state index contributed by atoms with van der Waals surface area (Å²) in [6.07, 6.45) is 0.288. The summed E-state index contributed by atoms with van der Waals surface area (Å²) in [5.74, 6) is -1.07. The Morgan fingerprint density at radius 2 is 1.89 bits per heavy atom. The number of carboxylic acid groups (broad SMARTS) is 1. The fourth-order valence-electron chi connectivity index (χ4n) is 1.24. The van der Waals surface area contributed by atoms with Crippen molar-refractivity contribution in [3.63, 3.8) is 0 Å². The zero-order chi connectivity index (χ0) is 13.8. The summed E-state index contributed by atoms with van der Waals surface area (Å²) in [5, 5.41) is 14.5. The van der Waals surface area contributed by atoms with E-state index >= 15 is 0 Å². The van der Waals surface area contributed by atoms with Gasteiger partial charge < -0.3 is 15.7 Å². The van der Waals surface area contributed by atoms with Crippen LogP contribution < -0.4 is 10.6 Å². The van der Waals surface area contributed by atoms with Gasteiger partial charge in [0.15, 0.2) is 0 Å². The Kier molecular flexibility index (Phi) is 4.55. The number of hydrogen-bond acceptors (Lipinski definition) is 2. The lowest BCUT2D eigenvalue weighted by Gasteiger charge is -2.24. The van der Waals surface area contributed by atoms with Gasteiger partial charge in [-0.15, -0.1) is 0 Å². The molecule has 0 aliphatic rings. The Labute approximate surface area is 110 Å². The van der Waals surface area contributed by atoms with Crippen LogP contribution in [0.25, 0.3) is 0 Å². The van der Waals surface area contributed by atoms with Crippen molar-refractivity contribution in [1.29, 1.82) is 0 Å². The SMILES string of the molecule is CC[C@@](C)(NC(=O)Nc1ccc(Cl)cc1)C(=O)O. The van der Waals surface area contributed by atoms with E-state index in [0.717, 1.165) is 0 Å². The van der Waals surface area contributed by atoms with E-state index in [-0.39, 0.29) is 6.42 Å². The second-order valence-corrected chi connectivity index (χ2v) is 4.51. The fourth-order valence-corrected chi connectivity index (χ4v) is 1.37. The second kappa shape index (κ2) is 5.73. The molecule has 0 aromatic heterocycles. The summed E-state index contributed by atoms with van der Waals surface area (Å²) < 4.78 is 0. The summed E-state index contributed by atoms with van der Waals surface area (Å²) >= 11 is 5.71. The first-order valence-corrected chi connectivity index (χ1v) is 5.83. The van der Waals surface area contributed by atoms with E-state index in [1.807, 2.05) is 0 Å². The number of carbonyl (C=O) groups is 2. The van der Waals surface area contributed by atoms with Crippen LogP contribution in [0.2, 0.25) is 5.02 Å². The number of halogens is 1. The second-order valence-electron chi connectivity index (χ2n) is 4.08. The van der Waals surface area contributed by atoms with Crippen LogP contribution in [0.1, 0.15) is 20.3 Å². The minimum absolute atomic E-state index is 0.288. The molecule has 2 amide bonds. The van der Waals surface area contributed by atoms with Crippen LogP contribution in [0.15, 0.2) is 24.3 Å². The number of carbonyl (C=O) groups excluding carboxylic acids is 1. The van der Waals surface area contributed by atoms with E-state index < -0.39 is 17.5 Å². The van der Waals surface area contributed by atoms with Gasteiger partial charge in [-0.1, -0.05) is 18.5 Å². The first-order valence-electron chi connectivity index (χ1n) is 5.45. The van der Waals surface area contributed by atoms with Gasteiger partial charge in [-0.05, 0) is 37.6 Å². The van der Waals surface area contributed by atoms with E-state index in [9.17, 15) is 9.59 Å². The van der Waals surface area contributed by atoms with Gasteiger partial charge in [-0.3, -0.25) is 0 Å². The van der Waals surface area contributed by atoms with E-state index in [4.69, 9.17) is 16.7 Å². The molecule has 0 spiro atoms. The van der Waals surface area contributed by atoms with Gasteiger partial charge in [0.25, 0.3) is 0 Å². The normalized spacial score (nSPS) is 13.5. The molecule has 0 saturated carbocycles. The van der Waals surface area contributed by atoms with Crippen molar-refractivity contribution in [1.82, 2.24) is 5.32 Å². The van der Waals surface area contributed by atoms with E-state index in [1.165, 1.54) is 6.92 Å². The summed E-state index contributed by atoms with van der Waals surface area (Å²) in [6.45, 7) is 3.15. The van der Waals surface area contributed by atoms with Crippen molar-refractivity contribution in [3.05, 3.63) is 29.3 Å². The molecule has 5 nitrogen and oxygen atoms in total. The van der Waals surface area contributed by atoms with Gasteiger partial charge in [0.2, 0.25) is 0 Å². The van der Waals surface area contributed by atoms with Crippen molar-refractivity contribution in [2.24, 2.45) is 0 Å². The molecule has 0 fully saturated rings. The molecule has 0 bridgehead atoms. The standard InChI is InChI=1S/C12H15ClN2O3/c1-3-12(2,10(16)17)15-11(18)14-9-6-4-8(13)5-7-9/h4-7H,3H2,1-2H3,(H,16,17)(H2,14,15,18)/t12-/m1/s1. The van der Waals surface area contributed by atoms with Gasteiger partial charge in [0, 0.05) is 10.7 Å². The Hall–Kier alpha value is -1.75. The van der Waals surface area contributed by atoms with Crippen LogP contribution in [-0.4, -0.2) is 22.6 Å². The predicted molar refractivity (Wildman–Crippen MR) is 69.9 cm³/mol. The summed E-state index contributed by atoms with van der Waals surface area (Å²) in [5.41, 5.74) is -0.739. The van der Waals surface area contributed by atoms with Crippen LogP contribution in [0.4, 0.5) is 10.5 Å². The van der Waals surface area contributed by atoms with Crippen LogP contribution in [-0.2, 0) is 4.79 Å². The highest BCUT2D eigenvalue weighted by atomic mass is 35.5. The molecule has 3 N–H and O–H groups in total. The van der Waals surface area contributed by atoms with Crippen LogP contribution in [0, 0.1) is 0 Å². The Morgan fingerprint density at radius 3 is 2.33 bits per heavy atom. The lowest BCUT2D eigenvalue weighted by Crippen LogP contribution is -2.53. The van der Waals surface area contributed by atoms with Gasteiger partial charge in [-0.2, -0.15) is 0 Å². The number of urea groups is 1. The number of benzene rings is 1. The number of nitrogens with one attached hydrogen (secondary N) is 2. The molecule has 0 aliphatic carbocycles. The summed E-state index contributed by atoms with van der Waals surface area (Å²) in [4.78, 5) is 22.7. The third-order valence-electron chi connectivity index (χ3n) is 2.67. The number of carboxylic acids is 1. The third kappa shape index (κ3) is 3.63. The minimum Gasteiger partial charge on any atom is -0.480 e. The molecule has 98 valence electrons. The molecule has 0 aliphatic heterocycles. The molecule has 1 aromatic rings. The Balaban J connectivity index is 2.66. The van der Waals surface area contributed by atoms with Crippen molar-refractivity contribution in [2.75, 3.05) is 5.32 Å². The van der Waals surface area contributed by atoms with E-state index in [1.54, 1.807) is 31.2 Å². The molecule has 1 atom stereocenters. The number of rotatable bonds is 4. The van der Waals surface area contributed by atoms with Gasteiger partial charge >= 0.3 is 12.0 Å². The number of aliphatic carboxylic acids is 1. The Bertz CT molecular complexity index is 447. The molecule has 0 unspecified atom stereocenters. The van der Waals surface area contributed by atoms with Crippen LogP contribution in [0.3, 0.4) is 0 Å². The molecule has 1 aromatic carbocycles. The quantitative estimate of drug-likeness (QED) is 0.787. The highest BCUT2D eigenvalue weighted by Gasteiger charge is 2.32. The molecule has 6 heteroatoms. The number of hydrogen-bond donors (Lipinski definition) is 3. The first-order chi connectivity index (χ1) is 8.37. The van der Waals surface area contributed by atoms with Crippen LogP contribution >= 0.6 is 11.6 Å². The van der Waals surface area contributed by atoms with Gasteiger partial charge in [0.05, 0.1) is 0 Å². The average molecular weight is 271 g/mol. The minimum atomic E-state index is -1.28. The lowest BCUT2D eigenvalue weighted by atomic mass is 10.00. The molecule has 0 radical (unpaired) electrons. The lowest BCUT2D eigenvalue weighted by molar-refractivity contribution is -0.143. The fraction of sp³-hybridized carbons (Fsp3) is 0.333. The van der Waals surface area contributed by atoms with Crippen molar-refractivity contribution in [2.45, 2.75) is 25.8 Å². The topological polar surface area (TPSA) is 78.4 Å². The molecular weight excluding hydrogens is 256 g/mol. The predicted octanol–water partition coefficient (Wildman–Crippen LogP) is 2.71. The highest BCUT2D eigenvalue weighted by Crippen LogP contribution is 2.14. The summed E-state index contributed by atoms with van der Waals surface area (Å²) in [6, 6.07) is 5.96. The largest absolute Gasteiger partial charge is 0.480 e. The van der Waals surface area contributed by atoms with E-state index in [0.29, 0.717) is 10.7 Å². The molecule has 0 saturated heterocycles. The number of anilines is 1. The molecule has 0 heterocycles. The maximum absolute atomic E-state index is 11.7. The average Bonchev–Trinajstić information content (AvgIpc) is 2.31. The third-order valence-corrected chi connectivity index (χ3v) is 2.92.